The predicted molar refractivity (Wildman–Crippen MR) is 60.7 cm³/mol. The monoisotopic (exact) mass is 243 g/mol. The summed E-state index contributed by atoms with van der Waals surface area (Å²) in [6.45, 7) is -0.0719. The first-order valence-corrected chi connectivity index (χ1v) is 6.64. The van der Waals surface area contributed by atoms with Crippen LogP contribution in [0.25, 0.3) is 0 Å². The Morgan fingerprint density at radius 3 is 2.31 bits per heavy atom. The summed E-state index contributed by atoms with van der Waals surface area (Å²) in [6.07, 6.45) is 1.00. The molecule has 0 spiro atoms. The van der Waals surface area contributed by atoms with E-state index < -0.39 is 21.5 Å². The fraction of sp³-hybridized carbons (Fsp3) is 0.300. The first-order chi connectivity index (χ1) is 7.40. The molecule has 0 saturated carbocycles. The van der Waals surface area contributed by atoms with Crippen LogP contribution < -0.4 is 5.32 Å². The van der Waals surface area contributed by atoms with Crippen molar-refractivity contribution in [1.29, 1.82) is 0 Å². The van der Waals surface area contributed by atoms with Crippen molar-refractivity contribution in [3.63, 3.8) is 0 Å². The Bertz CT molecular complexity index is 464. The van der Waals surface area contributed by atoms with Crippen LogP contribution in [-0.2, 0) is 21.2 Å². The van der Waals surface area contributed by atoms with Gasteiger partial charge in [0.2, 0.25) is 5.91 Å². The topological polar surface area (TPSA) is 83.5 Å². The highest BCUT2D eigenvalue weighted by molar-refractivity contribution is 7.91. The largest absolute Gasteiger partial charge is 0.392 e. The van der Waals surface area contributed by atoms with Crippen LogP contribution in [0.1, 0.15) is 5.56 Å². The smallest absolute Gasteiger partial charge is 0.239 e. The summed E-state index contributed by atoms with van der Waals surface area (Å²) in [7, 11) is -3.31. The predicted octanol–water partition coefficient (Wildman–Crippen LogP) is 0.162. The number of benzene rings is 1. The van der Waals surface area contributed by atoms with E-state index in [1.807, 2.05) is 0 Å². The Kier molecular flexibility index (Phi) is 4.03. The first-order valence-electron chi connectivity index (χ1n) is 4.58. The quantitative estimate of drug-likeness (QED) is 0.789. The molecule has 0 unspecified atom stereocenters. The van der Waals surface area contributed by atoms with E-state index in [0.717, 1.165) is 11.8 Å². The van der Waals surface area contributed by atoms with Crippen LogP contribution in [0.3, 0.4) is 0 Å². The Morgan fingerprint density at radius 1 is 1.31 bits per heavy atom. The maximum atomic E-state index is 11.2. The molecule has 0 aliphatic rings. The maximum Gasteiger partial charge on any atom is 0.239 e. The minimum absolute atomic E-state index is 0.0719. The van der Waals surface area contributed by atoms with Gasteiger partial charge in [0.15, 0.2) is 9.84 Å². The second kappa shape index (κ2) is 5.09. The van der Waals surface area contributed by atoms with E-state index in [1.165, 1.54) is 0 Å². The van der Waals surface area contributed by atoms with Crippen LogP contribution in [0.2, 0.25) is 0 Å². The molecule has 0 atom stereocenters. The van der Waals surface area contributed by atoms with E-state index in [0.29, 0.717) is 5.69 Å². The van der Waals surface area contributed by atoms with Gasteiger partial charge in [0.05, 0.1) is 6.61 Å². The molecule has 0 fully saturated rings. The summed E-state index contributed by atoms with van der Waals surface area (Å²) < 4.78 is 21.7. The zero-order valence-electron chi connectivity index (χ0n) is 8.80. The minimum atomic E-state index is -3.31. The number of aliphatic hydroxyl groups is 1. The van der Waals surface area contributed by atoms with Crippen molar-refractivity contribution in [2.45, 2.75) is 6.61 Å². The number of sulfone groups is 1. The zero-order chi connectivity index (χ0) is 12.2. The second-order valence-corrected chi connectivity index (χ2v) is 5.61. The van der Waals surface area contributed by atoms with Crippen molar-refractivity contribution < 1.29 is 18.3 Å². The van der Waals surface area contributed by atoms with Gasteiger partial charge in [-0.1, -0.05) is 12.1 Å². The third-order valence-electron chi connectivity index (χ3n) is 1.81. The second-order valence-electron chi connectivity index (χ2n) is 3.47. The van der Waals surface area contributed by atoms with E-state index in [9.17, 15) is 13.2 Å². The summed E-state index contributed by atoms with van der Waals surface area (Å²) in [5.74, 6) is -1.10. The molecule has 5 nitrogen and oxygen atoms in total. The molecule has 0 heterocycles. The van der Waals surface area contributed by atoms with Crippen molar-refractivity contribution in [2.75, 3.05) is 17.3 Å². The lowest BCUT2D eigenvalue weighted by molar-refractivity contribution is -0.113. The lowest BCUT2D eigenvalue weighted by Gasteiger charge is -2.04. The van der Waals surface area contributed by atoms with Crippen molar-refractivity contribution in [3.05, 3.63) is 29.8 Å². The number of hydrogen-bond acceptors (Lipinski definition) is 4. The maximum absolute atomic E-state index is 11.2. The van der Waals surface area contributed by atoms with Gasteiger partial charge < -0.3 is 10.4 Å². The van der Waals surface area contributed by atoms with Gasteiger partial charge in [-0.25, -0.2) is 8.42 Å². The Balaban J connectivity index is 2.63. The van der Waals surface area contributed by atoms with Crippen LogP contribution in [0.5, 0.6) is 0 Å². The van der Waals surface area contributed by atoms with Gasteiger partial charge in [0.1, 0.15) is 5.75 Å². The van der Waals surface area contributed by atoms with Crippen LogP contribution in [0.4, 0.5) is 5.69 Å². The number of carbonyl (C=O) groups excluding carboxylic acids is 1. The molecule has 0 aliphatic carbocycles. The number of nitrogens with one attached hydrogen (secondary N) is 1. The van der Waals surface area contributed by atoms with Gasteiger partial charge in [-0.05, 0) is 17.7 Å². The average Bonchev–Trinajstić information content (AvgIpc) is 2.16. The van der Waals surface area contributed by atoms with Gasteiger partial charge in [-0.15, -0.1) is 0 Å². The molecule has 0 aromatic heterocycles. The first kappa shape index (κ1) is 12.7. The van der Waals surface area contributed by atoms with Gasteiger partial charge in [0.25, 0.3) is 0 Å². The standard InChI is InChI=1S/C10H13NO4S/c1-16(14,15)7-10(13)11-9-4-2-8(6-12)3-5-9/h2-5,12H,6-7H2,1H3,(H,11,13). The zero-order valence-corrected chi connectivity index (χ0v) is 9.62. The molecule has 16 heavy (non-hydrogen) atoms. The van der Waals surface area contributed by atoms with Crippen LogP contribution in [-0.4, -0.2) is 31.4 Å². The normalized spacial score (nSPS) is 11.1. The molecule has 0 saturated heterocycles. The van der Waals surface area contributed by atoms with Crippen molar-refractivity contribution >= 4 is 21.4 Å². The van der Waals surface area contributed by atoms with Gasteiger partial charge in [-0.2, -0.15) is 0 Å². The molecule has 88 valence electrons. The van der Waals surface area contributed by atoms with Crippen molar-refractivity contribution in [3.8, 4) is 0 Å². The SMILES string of the molecule is CS(=O)(=O)CC(=O)Nc1ccc(CO)cc1. The summed E-state index contributed by atoms with van der Waals surface area (Å²) >= 11 is 0. The highest BCUT2D eigenvalue weighted by Crippen LogP contribution is 2.09. The fourth-order valence-corrected chi connectivity index (χ4v) is 1.68. The summed E-state index contributed by atoms with van der Waals surface area (Å²) in [6, 6.07) is 6.50. The van der Waals surface area contributed by atoms with Crippen molar-refractivity contribution in [1.82, 2.24) is 0 Å². The van der Waals surface area contributed by atoms with E-state index in [2.05, 4.69) is 5.32 Å². The lowest BCUT2D eigenvalue weighted by atomic mass is 10.2. The van der Waals surface area contributed by atoms with E-state index in [1.54, 1.807) is 24.3 Å². The molecule has 0 bridgehead atoms. The number of rotatable bonds is 4. The van der Waals surface area contributed by atoms with E-state index in [-0.39, 0.29) is 6.61 Å². The molecule has 2 N–H and O–H groups in total. The van der Waals surface area contributed by atoms with Crippen molar-refractivity contribution in [2.24, 2.45) is 0 Å². The Labute approximate surface area is 94.0 Å². The molecule has 6 heteroatoms. The molecule has 0 aliphatic heterocycles. The number of hydrogen-bond donors (Lipinski definition) is 2. The Morgan fingerprint density at radius 2 is 1.88 bits per heavy atom. The fourth-order valence-electron chi connectivity index (χ4n) is 1.13. The van der Waals surface area contributed by atoms with E-state index in [4.69, 9.17) is 5.11 Å². The third-order valence-corrected chi connectivity index (χ3v) is 2.60. The third kappa shape index (κ3) is 4.41. The molecular weight excluding hydrogens is 230 g/mol. The lowest BCUT2D eigenvalue weighted by Crippen LogP contribution is -2.21. The molecule has 0 radical (unpaired) electrons. The molecule has 1 rings (SSSR count). The minimum Gasteiger partial charge on any atom is -0.392 e. The van der Waals surface area contributed by atoms with Gasteiger partial charge in [-0.3, -0.25) is 4.79 Å². The number of anilines is 1. The number of aliphatic hydroxyl groups excluding tert-OH is 1. The highest BCUT2D eigenvalue weighted by Gasteiger charge is 2.10. The molecule has 1 aromatic rings. The summed E-state index contributed by atoms with van der Waals surface area (Å²) in [5, 5.41) is 11.2. The van der Waals surface area contributed by atoms with Gasteiger partial charge in [0, 0.05) is 11.9 Å². The van der Waals surface area contributed by atoms with Gasteiger partial charge >= 0.3 is 0 Å². The number of carbonyl (C=O) groups is 1. The average molecular weight is 243 g/mol. The Hall–Kier alpha value is -1.40. The van der Waals surface area contributed by atoms with Crippen LogP contribution in [0, 0.1) is 0 Å². The number of amides is 1. The van der Waals surface area contributed by atoms with Crippen LogP contribution >= 0.6 is 0 Å². The highest BCUT2D eigenvalue weighted by atomic mass is 32.2. The van der Waals surface area contributed by atoms with Crippen LogP contribution in [0.15, 0.2) is 24.3 Å². The summed E-state index contributed by atoms with van der Waals surface area (Å²) in [4.78, 5) is 11.2. The molecule has 1 aromatic carbocycles. The van der Waals surface area contributed by atoms with E-state index >= 15 is 0 Å². The summed E-state index contributed by atoms with van der Waals surface area (Å²) in [5.41, 5.74) is 1.23. The molecular formula is C10H13NO4S. The molecule has 1 amide bonds.